The zero-order chi connectivity index (χ0) is 13.9. The lowest BCUT2D eigenvalue weighted by molar-refractivity contribution is 0.314. The minimum atomic E-state index is 0.138. The molecule has 1 aliphatic carbocycles. The summed E-state index contributed by atoms with van der Waals surface area (Å²) in [7, 11) is 0. The van der Waals surface area contributed by atoms with Crippen molar-refractivity contribution in [1.82, 2.24) is 4.98 Å². The molecule has 19 heavy (non-hydrogen) atoms. The van der Waals surface area contributed by atoms with Crippen LogP contribution in [0.2, 0.25) is 0 Å². The van der Waals surface area contributed by atoms with Crippen molar-refractivity contribution in [3.63, 3.8) is 0 Å². The first-order valence-corrected chi connectivity index (χ1v) is 7.05. The molecule has 2 N–H and O–H groups in total. The molecule has 0 bridgehead atoms. The molecule has 0 radical (unpaired) electrons. The molecule has 104 valence electrons. The lowest BCUT2D eigenvalue weighted by Crippen LogP contribution is -2.30. The van der Waals surface area contributed by atoms with E-state index in [0.29, 0.717) is 0 Å². The summed E-state index contributed by atoms with van der Waals surface area (Å²) in [6.07, 6.45) is 8.93. The Hall–Kier alpha value is -1.35. The van der Waals surface area contributed by atoms with Gasteiger partial charge in [0.1, 0.15) is 5.75 Å². The fraction of sp³-hybridized carbons (Fsp3) is 0.562. The first-order valence-electron chi connectivity index (χ1n) is 7.05. The SMILES string of the molecule is CCCOc1cncc(C2=CC(N)CC(C)(C)C2)c1. The number of hydrogen-bond acceptors (Lipinski definition) is 3. The molecule has 3 heteroatoms. The van der Waals surface area contributed by atoms with Crippen LogP contribution in [0.15, 0.2) is 24.5 Å². The van der Waals surface area contributed by atoms with Crippen LogP contribution in [0, 0.1) is 5.41 Å². The predicted octanol–water partition coefficient (Wildman–Crippen LogP) is 3.40. The van der Waals surface area contributed by atoms with E-state index in [0.717, 1.165) is 37.2 Å². The molecule has 0 saturated heterocycles. The largest absolute Gasteiger partial charge is 0.492 e. The van der Waals surface area contributed by atoms with Gasteiger partial charge in [-0.2, -0.15) is 0 Å². The molecule has 1 atom stereocenters. The van der Waals surface area contributed by atoms with Crippen LogP contribution in [0.1, 0.15) is 45.6 Å². The summed E-state index contributed by atoms with van der Waals surface area (Å²) < 4.78 is 5.64. The van der Waals surface area contributed by atoms with E-state index in [-0.39, 0.29) is 11.5 Å². The van der Waals surface area contributed by atoms with Gasteiger partial charge in [-0.15, -0.1) is 0 Å². The van der Waals surface area contributed by atoms with Crippen LogP contribution in [0.3, 0.4) is 0 Å². The van der Waals surface area contributed by atoms with Crippen LogP contribution in [0.25, 0.3) is 5.57 Å². The topological polar surface area (TPSA) is 48.1 Å². The van der Waals surface area contributed by atoms with E-state index < -0.39 is 0 Å². The van der Waals surface area contributed by atoms with Crippen LogP contribution in [-0.4, -0.2) is 17.6 Å². The maximum absolute atomic E-state index is 6.13. The van der Waals surface area contributed by atoms with Crippen LogP contribution < -0.4 is 10.5 Å². The molecule has 0 saturated carbocycles. The lowest BCUT2D eigenvalue weighted by Gasteiger charge is -2.33. The van der Waals surface area contributed by atoms with E-state index >= 15 is 0 Å². The van der Waals surface area contributed by atoms with Gasteiger partial charge in [-0.1, -0.05) is 26.8 Å². The van der Waals surface area contributed by atoms with Crippen LogP contribution in [0.5, 0.6) is 5.75 Å². The van der Waals surface area contributed by atoms with Gasteiger partial charge in [-0.25, -0.2) is 0 Å². The van der Waals surface area contributed by atoms with Crippen LogP contribution in [-0.2, 0) is 0 Å². The highest BCUT2D eigenvalue weighted by atomic mass is 16.5. The van der Waals surface area contributed by atoms with Crippen molar-refractivity contribution in [1.29, 1.82) is 0 Å². The molecule has 1 heterocycles. The average Bonchev–Trinajstić information content (AvgIpc) is 2.34. The van der Waals surface area contributed by atoms with E-state index in [1.807, 2.05) is 6.20 Å². The van der Waals surface area contributed by atoms with Gasteiger partial charge in [0.25, 0.3) is 0 Å². The number of ether oxygens (including phenoxy) is 1. The summed E-state index contributed by atoms with van der Waals surface area (Å²) in [5.74, 6) is 0.845. The minimum absolute atomic E-state index is 0.138. The number of allylic oxidation sites excluding steroid dienone is 1. The summed E-state index contributed by atoms with van der Waals surface area (Å²) in [6.45, 7) is 7.37. The average molecular weight is 260 g/mol. The van der Waals surface area contributed by atoms with E-state index in [2.05, 4.69) is 37.9 Å². The molecule has 0 aliphatic heterocycles. The summed E-state index contributed by atoms with van der Waals surface area (Å²) in [5.41, 5.74) is 8.81. The van der Waals surface area contributed by atoms with Crippen molar-refractivity contribution in [2.24, 2.45) is 11.1 Å². The first kappa shape index (κ1) is 14.1. The Morgan fingerprint density at radius 2 is 2.21 bits per heavy atom. The standard InChI is InChI=1S/C16H24N2O/c1-4-5-19-15-7-13(10-18-11-15)12-6-14(17)9-16(2,3)8-12/h6-7,10-11,14H,4-5,8-9,17H2,1-3H3. The van der Waals surface area contributed by atoms with Crippen molar-refractivity contribution in [3.05, 3.63) is 30.1 Å². The summed E-state index contributed by atoms with van der Waals surface area (Å²) in [4.78, 5) is 4.28. The van der Waals surface area contributed by atoms with Crippen molar-refractivity contribution < 1.29 is 4.74 Å². The predicted molar refractivity (Wildman–Crippen MR) is 79.0 cm³/mol. The van der Waals surface area contributed by atoms with Crippen LogP contribution in [0.4, 0.5) is 0 Å². The summed E-state index contributed by atoms with van der Waals surface area (Å²) in [5, 5.41) is 0. The molecule has 1 aromatic heterocycles. The molecule has 3 nitrogen and oxygen atoms in total. The smallest absolute Gasteiger partial charge is 0.138 e. The third-order valence-electron chi connectivity index (χ3n) is 3.43. The highest BCUT2D eigenvalue weighted by Crippen LogP contribution is 2.39. The zero-order valence-corrected chi connectivity index (χ0v) is 12.1. The number of pyridine rings is 1. The van der Waals surface area contributed by atoms with Gasteiger partial charge in [0.2, 0.25) is 0 Å². The third kappa shape index (κ3) is 3.80. The number of rotatable bonds is 4. The van der Waals surface area contributed by atoms with E-state index in [1.165, 1.54) is 5.57 Å². The Balaban J connectivity index is 2.21. The summed E-state index contributed by atoms with van der Waals surface area (Å²) in [6, 6.07) is 2.21. The second-order valence-corrected chi connectivity index (χ2v) is 6.16. The monoisotopic (exact) mass is 260 g/mol. The Kier molecular flexibility index (Phi) is 4.25. The Morgan fingerprint density at radius 1 is 1.42 bits per heavy atom. The quantitative estimate of drug-likeness (QED) is 0.902. The fourth-order valence-corrected chi connectivity index (χ4v) is 2.69. The minimum Gasteiger partial charge on any atom is -0.492 e. The van der Waals surface area contributed by atoms with Crippen molar-refractivity contribution >= 4 is 5.57 Å². The van der Waals surface area contributed by atoms with E-state index in [1.54, 1.807) is 6.20 Å². The van der Waals surface area contributed by atoms with E-state index in [9.17, 15) is 0 Å². The molecule has 1 aromatic rings. The number of hydrogen-bond donors (Lipinski definition) is 1. The molecule has 0 amide bonds. The maximum atomic E-state index is 6.13. The number of nitrogens with zero attached hydrogens (tertiary/aromatic N) is 1. The highest BCUT2D eigenvalue weighted by molar-refractivity contribution is 5.68. The van der Waals surface area contributed by atoms with Gasteiger partial charge in [-0.3, -0.25) is 4.98 Å². The van der Waals surface area contributed by atoms with Crippen molar-refractivity contribution in [2.45, 2.75) is 46.1 Å². The molecular weight excluding hydrogens is 236 g/mol. The second-order valence-electron chi connectivity index (χ2n) is 6.16. The van der Waals surface area contributed by atoms with Gasteiger partial charge < -0.3 is 10.5 Å². The Morgan fingerprint density at radius 3 is 2.89 bits per heavy atom. The maximum Gasteiger partial charge on any atom is 0.138 e. The first-order chi connectivity index (χ1) is 9.00. The van der Waals surface area contributed by atoms with Gasteiger partial charge in [-0.05, 0) is 41.9 Å². The van der Waals surface area contributed by atoms with Gasteiger partial charge in [0.15, 0.2) is 0 Å². The molecule has 2 rings (SSSR count). The zero-order valence-electron chi connectivity index (χ0n) is 12.1. The molecule has 1 unspecified atom stereocenters. The third-order valence-corrected chi connectivity index (χ3v) is 3.43. The normalized spacial score (nSPS) is 21.9. The fourth-order valence-electron chi connectivity index (χ4n) is 2.69. The van der Waals surface area contributed by atoms with Gasteiger partial charge >= 0.3 is 0 Å². The Labute approximate surface area is 115 Å². The Bertz CT molecular complexity index is 466. The van der Waals surface area contributed by atoms with Crippen LogP contribution >= 0.6 is 0 Å². The summed E-state index contributed by atoms with van der Waals surface area (Å²) >= 11 is 0. The van der Waals surface area contributed by atoms with Crippen molar-refractivity contribution in [3.8, 4) is 5.75 Å². The highest BCUT2D eigenvalue weighted by Gasteiger charge is 2.27. The molecule has 0 spiro atoms. The number of aromatic nitrogens is 1. The molecule has 0 aromatic carbocycles. The van der Waals surface area contributed by atoms with Crippen molar-refractivity contribution in [2.75, 3.05) is 6.61 Å². The number of nitrogens with two attached hydrogens (primary N) is 1. The second kappa shape index (κ2) is 5.74. The van der Waals surface area contributed by atoms with E-state index in [4.69, 9.17) is 10.5 Å². The van der Waals surface area contributed by atoms with Gasteiger partial charge in [0, 0.05) is 12.2 Å². The molecular formula is C16H24N2O. The molecule has 1 aliphatic rings. The van der Waals surface area contributed by atoms with Gasteiger partial charge in [0.05, 0.1) is 12.8 Å². The lowest BCUT2D eigenvalue weighted by atomic mass is 9.74. The molecule has 0 fully saturated rings.